The van der Waals surface area contributed by atoms with Gasteiger partial charge in [0.1, 0.15) is 5.75 Å². The number of carbonyl (C=O) groups excluding carboxylic acids is 2. The Morgan fingerprint density at radius 3 is 2.78 bits per heavy atom. The minimum absolute atomic E-state index is 0.0131. The van der Waals surface area contributed by atoms with Crippen molar-refractivity contribution in [3.05, 3.63) is 51.7 Å². The van der Waals surface area contributed by atoms with Crippen LogP contribution in [-0.4, -0.2) is 25.5 Å². The molecule has 1 heterocycles. The fourth-order valence-corrected chi connectivity index (χ4v) is 4.09. The van der Waals surface area contributed by atoms with Gasteiger partial charge in [0.2, 0.25) is 0 Å². The van der Waals surface area contributed by atoms with Crippen LogP contribution in [-0.2, 0) is 9.53 Å². The fourth-order valence-electron chi connectivity index (χ4n) is 3.19. The Bertz CT molecular complexity index is 734. The summed E-state index contributed by atoms with van der Waals surface area (Å²) in [4.78, 5) is 25.6. The van der Waals surface area contributed by atoms with Crippen molar-refractivity contribution in [1.29, 1.82) is 0 Å². The molecule has 0 bridgehead atoms. The lowest BCUT2D eigenvalue weighted by molar-refractivity contribution is -0.148. The van der Waals surface area contributed by atoms with Crippen LogP contribution in [0.4, 0.5) is 0 Å². The summed E-state index contributed by atoms with van der Waals surface area (Å²) in [6.07, 6.45) is 0.176. The molecule has 1 aromatic carbocycles. The molecule has 1 aliphatic rings. The number of carbonyl (C=O) groups is 2. The summed E-state index contributed by atoms with van der Waals surface area (Å²) < 4.78 is 10.7. The maximum atomic E-state index is 12.4. The van der Waals surface area contributed by atoms with Gasteiger partial charge in [-0.1, -0.05) is 18.2 Å². The van der Waals surface area contributed by atoms with E-state index in [1.165, 1.54) is 11.3 Å². The summed E-state index contributed by atoms with van der Waals surface area (Å²) in [5, 5.41) is 1.90. The van der Waals surface area contributed by atoms with Crippen LogP contribution in [0.5, 0.6) is 5.75 Å². The average molecular weight is 330 g/mol. The zero-order valence-corrected chi connectivity index (χ0v) is 13.9. The van der Waals surface area contributed by atoms with Gasteiger partial charge < -0.3 is 9.47 Å². The van der Waals surface area contributed by atoms with Crippen LogP contribution >= 0.6 is 11.3 Å². The van der Waals surface area contributed by atoms with E-state index in [2.05, 4.69) is 0 Å². The highest BCUT2D eigenvalue weighted by molar-refractivity contribution is 7.12. The lowest BCUT2D eigenvalue weighted by Gasteiger charge is -2.30. The second-order valence-corrected chi connectivity index (χ2v) is 6.33. The van der Waals surface area contributed by atoms with Crippen LogP contribution in [0, 0.1) is 5.92 Å². The maximum absolute atomic E-state index is 12.4. The quantitative estimate of drug-likeness (QED) is 0.803. The number of hydrogen-bond donors (Lipinski definition) is 0. The molecule has 1 aromatic heterocycles. The monoisotopic (exact) mass is 330 g/mol. The second kappa shape index (κ2) is 6.54. The van der Waals surface area contributed by atoms with Crippen molar-refractivity contribution in [3.63, 3.8) is 0 Å². The zero-order chi connectivity index (χ0) is 16.4. The molecule has 120 valence electrons. The van der Waals surface area contributed by atoms with E-state index in [4.69, 9.17) is 9.47 Å². The van der Waals surface area contributed by atoms with E-state index in [-0.39, 0.29) is 24.1 Å². The lowest BCUT2D eigenvalue weighted by Crippen LogP contribution is -2.32. The number of para-hydroxylation sites is 1. The number of esters is 1. The summed E-state index contributed by atoms with van der Waals surface area (Å²) >= 11 is 1.43. The smallest absolute Gasteiger partial charge is 0.310 e. The number of benzene rings is 1. The number of Topliss-reactive ketones (excluding diaryl/α,β-unsaturated/α-hetero) is 1. The Balaban J connectivity index is 2.13. The summed E-state index contributed by atoms with van der Waals surface area (Å²) in [6, 6.07) is 9.57. The number of ether oxygens (including phenoxy) is 2. The Labute approximate surface area is 139 Å². The Kier molecular flexibility index (Phi) is 4.48. The van der Waals surface area contributed by atoms with E-state index in [0.29, 0.717) is 6.61 Å². The molecule has 0 fully saturated rings. The molecule has 0 N–H and O–H groups in total. The first-order valence-corrected chi connectivity index (χ1v) is 8.45. The summed E-state index contributed by atoms with van der Waals surface area (Å²) in [5.41, 5.74) is 1.81. The Morgan fingerprint density at radius 1 is 1.26 bits per heavy atom. The molecule has 3 rings (SSSR count). The molecule has 0 saturated heterocycles. The average Bonchev–Trinajstić information content (AvgIpc) is 3.05. The van der Waals surface area contributed by atoms with Gasteiger partial charge in [-0.3, -0.25) is 9.59 Å². The molecule has 0 unspecified atom stereocenters. The van der Waals surface area contributed by atoms with Gasteiger partial charge in [-0.05, 0) is 30.0 Å². The first-order valence-electron chi connectivity index (χ1n) is 7.57. The number of rotatable bonds is 4. The van der Waals surface area contributed by atoms with Crippen molar-refractivity contribution >= 4 is 23.1 Å². The number of methoxy groups -OCH3 is 1. The third-order valence-electron chi connectivity index (χ3n) is 4.16. The topological polar surface area (TPSA) is 52.6 Å². The zero-order valence-electron chi connectivity index (χ0n) is 13.1. The van der Waals surface area contributed by atoms with Gasteiger partial charge in [0.05, 0.1) is 24.5 Å². The van der Waals surface area contributed by atoms with E-state index in [9.17, 15) is 9.59 Å². The summed E-state index contributed by atoms with van der Waals surface area (Å²) in [6.45, 7) is 2.08. The van der Waals surface area contributed by atoms with E-state index < -0.39 is 5.92 Å². The molecular formula is C18H18O4S. The summed E-state index contributed by atoms with van der Waals surface area (Å²) in [7, 11) is 1.61. The Morgan fingerprint density at radius 2 is 2.04 bits per heavy atom. The molecule has 0 saturated carbocycles. The van der Waals surface area contributed by atoms with Crippen LogP contribution in [0.1, 0.15) is 40.1 Å². The molecule has 23 heavy (non-hydrogen) atoms. The molecule has 2 aromatic rings. The standard InChI is InChI=1S/C18H18O4S/c1-3-22-18(20)13-10-14(19)17-12(8-9-23-17)16(13)11-6-4-5-7-15(11)21-2/h4-9,13,16H,3,10H2,1-2H3/t13-,16-/m1/s1. The van der Waals surface area contributed by atoms with Crippen LogP contribution in [0.2, 0.25) is 0 Å². The van der Waals surface area contributed by atoms with Gasteiger partial charge in [0.15, 0.2) is 5.78 Å². The highest BCUT2D eigenvalue weighted by Gasteiger charge is 2.41. The number of hydrogen-bond acceptors (Lipinski definition) is 5. The first-order chi connectivity index (χ1) is 11.2. The van der Waals surface area contributed by atoms with Crippen LogP contribution in [0.25, 0.3) is 0 Å². The van der Waals surface area contributed by atoms with Gasteiger partial charge in [-0.25, -0.2) is 0 Å². The lowest BCUT2D eigenvalue weighted by atomic mass is 9.74. The van der Waals surface area contributed by atoms with Gasteiger partial charge in [0, 0.05) is 17.9 Å². The van der Waals surface area contributed by atoms with Gasteiger partial charge in [0.25, 0.3) is 0 Å². The van der Waals surface area contributed by atoms with Crippen molar-refractivity contribution < 1.29 is 19.1 Å². The van der Waals surface area contributed by atoms with Gasteiger partial charge in [-0.15, -0.1) is 11.3 Å². The maximum Gasteiger partial charge on any atom is 0.310 e. The molecule has 5 heteroatoms. The third kappa shape index (κ3) is 2.77. The predicted molar refractivity (Wildman–Crippen MR) is 88.2 cm³/mol. The van der Waals surface area contributed by atoms with E-state index >= 15 is 0 Å². The highest BCUT2D eigenvalue weighted by Crippen LogP contribution is 2.45. The first kappa shape index (κ1) is 15.7. The molecule has 0 radical (unpaired) electrons. The normalized spacial score (nSPS) is 20.0. The predicted octanol–water partition coefficient (Wildman–Crippen LogP) is 3.65. The molecule has 2 atom stereocenters. The number of ketones is 1. The molecule has 0 amide bonds. The minimum Gasteiger partial charge on any atom is -0.496 e. The molecule has 1 aliphatic carbocycles. The van der Waals surface area contributed by atoms with E-state index in [1.807, 2.05) is 35.7 Å². The van der Waals surface area contributed by atoms with Crippen molar-refractivity contribution in [1.82, 2.24) is 0 Å². The van der Waals surface area contributed by atoms with Crippen molar-refractivity contribution in [3.8, 4) is 5.75 Å². The van der Waals surface area contributed by atoms with Crippen molar-refractivity contribution in [2.45, 2.75) is 19.3 Å². The Hall–Kier alpha value is -2.14. The highest BCUT2D eigenvalue weighted by atomic mass is 32.1. The fraction of sp³-hybridized carbons (Fsp3) is 0.333. The molecular weight excluding hydrogens is 312 g/mol. The van der Waals surface area contributed by atoms with Crippen LogP contribution in [0.15, 0.2) is 35.7 Å². The van der Waals surface area contributed by atoms with Gasteiger partial charge >= 0.3 is 5.97 Å². The van der Waals surface area contributed by atoms with E-state index in [0.717, 1.165) is 21.8 Å². The molecule has 4 nitrogen and oxygen atoms in total. The number of thiophene rings is 1. The number of fused-ring (bicyclic) bond motifs is 1. The van der Waals surface area contributed by atoms with Crippen molar-refractivity contribution in [2.75, 3.05) is 13.7 Å². The van der Waals surface area contributed by atoms with Crippen LogP contribution in [0.3, 0.4) is 0 Å². The summed E-state index contributed by atoms with van der Waals surface area (Å²) in [5.74, 6) is -0.323. The van der Waals surface area contributed by atoms with E-state index in [1.54, 1.807) is 14.0 Å². The van der Waals surface area contributed by atoms with Crippen molar-refractivity contribution in [2.24, 2.45) is 5.92 Å². The SMILES string of the molecule is CCOC(=O)[C@@H]1CC(=O)c2sccc2[C@H]1c1ccccc1OC. The second-order valence-electron chi connectivity index (χ2n) is 5.41. The molecule has 0 aliphatic heterocycles. The molecule has 0 spiro atoms. The van der Waals surface area contributed by atoms with Crippen LogP contribution < -0.4 is 4.74 Å². The largest absolute Gasteiger partial charge is 0.496 e. The third-order valence-corrected chi connectivity index (χ3v) is 5.13. The van der Waals surface area contributed by atoms with Gasteiger partial charge in [-0.2, -0.15) is 0 Å². The minimum atomic E-state index is -0.513.